The summed E-state index contributed by atoms with van der Waals surface area (Å²) in [4.78, 5) is 45.8. The number of aromatic amines is 1. The molecule has 30 heavy (non-hydrogen) atoms. The third kappa shape index (κ3) is 3.03. The number of aryl methyl sites for hydroxylation is 1. The Balaban J connectivity index is 2.01. The number of phenols is 1. The highest BCUT2D eigenvalue weighted by molar-refractivity contribution is 6.02. The summed E-state index contributed by atoms with van der Waals surface area (Å²) in [6.45, 7) is 1.90. The molecule has 0 saturated heterocycles. The first kappa shape index (κ1) is 18.8. The molecule has 2 aromatic carbocycles. The number of fused-ring (bicyclic) bond motifs is 1. The minimum absolute atomic E-state index is 0.0404. The molecule has 4 aromatic rings. The lowest BCUT2D eigenvalue weighted by Gasteiger charge is -2.07. The molecular weight excluding hydrogens is 392 g/mol. The van der Waals surface area contributed by atoms with Crippen LogP contribution in [0.4, 0.5) is 5.69 Å². The number of imidazole rings is 1. The Hall–Kier alpha value is -4.54. The predicted molar refractivity (Wildman–Crippen MR) is 106 cm³/mol. The van der Waals surface area contributed by atoms with Gasteiger partial charge in [0.2, 0.25) is 0 Å². The number of aromatic hydroxyl groups is 1. The lowest BCUT2D eigenvalue weighted by molar-refractivity contribution is -0.385. The van der Waals surface area contributed by atoms with Crippen molar-refractivity contribution in [1.29, 1.82) is 0 Å². The maximum absolute atomic E-state index is 12.6. The van der Waals surface area contributed by atoms with E-state index in [1.54, 1.807) is 12.1 Å². The smallest absolute Gasteiger partial charge is 0.332 e. The zero-order chi connectivity index (χ0) is 21.6. The normalized spacial score (nSPS) is 11.0. The molecular formula is C19H14N6O5. The fraction of sp³-hybridized carbons (Fsp3) is 0.0526. The van der Waals surface area contributed by atoms with Crippen LogP contribution in [0.15, 0.2) is 47.3 Å². The van der Waals surface area contributed by atoms with Gasteiger partial charge in [0.1, 0.15) is 5.52 Å². The molecule has 0 atom stereocenters. The molecule has 0 aliphatic rings. The van der Waals surface area contributed by atoms with Crippen LogP contribution >= 0.6 is 0 Å². The van der Waals surface area contributed by atoms with Gasteiger partial charge in [0, 0.05) is 11.6 Å². The fourth-order valence-corrected chi connectivity index (χ4v) is 3.04. The fourth-order valence-electron chi connectivity index (χ4n) is 3.04. The summed E-state index contributed by atoms with van der Waals surface area (Å²) in [6.07, 6.45) is 0. The molecule has 0 aliphatic heterocycles. The second-order valence-electron chi connectivity index (χ2n) is 6.52. The van der Waals surface area contributed by atoms with E-state index < -0.39 is 28.0 Å². The van der Waals surface area contributed by atoms with E-state index in [1.165, 1.54) is 10.6 Å². The SMILES string of the molecule is Cc1ccc(-n2c(=O)[nH]c3c(C(N)=O)nc(-c4ccc([N+](=O)[O-])c(O)c4)nc32)cc1. The number of nitrogens with two attached hydrogens (primary N) is 1. The number of nitro benzene ring substituents is 1. The third-order valence-electron chi connectivity index (χ3n) is 4.49. The molecule has 0 unspecified atom stereocenters. The Morgan fingerprint density at radius 3 is 2.50 bits per heavy atom. The molecule has 11 nitrogen and oxygen atoms in total. The van der Waals surface area contributed by atoms with Crippen molar-refractivity contribution in [2.45, 2.75) is 6.92 Å². The molecule has 0 bridgehead atoms. The summed E-state index contributed by atoms with van der Waals surface area (Å²) in [5.74, 6) is -1.53. The van der Waals surface area contributed by atoms with E-state index in [0.717, 1.165) is 17.7 Å². The Morgan fingerprint density at radius 1 is 1.20 bits per heavy atom. The van der Waals surface area contributed by atoms with Gasteiger partial charge >= 0.3 is 11.4 Å². The minimum Gasteiger partial charge on any atom is -0.502 e. The van der Waals surface area contributed by atoms with E-state index in [9.17, 15) is 24.8 Å². The molecule has 0 fully saturated rings. The molecule has 11 heteroatoms. The van der Waals surface area contributed by atoms with E-state index in [0.29, 0.717) is 5.69 Å². The number of nitrogens with zero attached hydrogens (tertiary/aromatic N) is 4. The Labute approximate surface area is 167 Å². The molecule has 0 radical (unpaired) electrons. The molecule has 2 heterocycles. The van der Waals surface area contributed by atoms with Gasteiger partial charge in [0.05, 0.1) is 10.6 Å². The Morgan fingerprint density at radius 2 is 1.90 bits per heavy atom. The summed E-state index contributed by atoms with van der Waals surface area (Å²) in [5.41, 5.74) is 6.02. The van der Waals surface area contributed by atoms with Crippen LogP contribution in [0.5, 0.6) is 5.75 Å². The highest BCUT2D eigenvalue weighted by Crippen LogP contribution is 2.31. The predicted octanol–water partition coefficient (Wildman–Crippen LogP) is 1.80. The number of hydrogen-bond donors (Lipinski definition) is 3. The van der Waals surface area contributed by atoms with Crippen LogP contribution in [-0.2, 0) is 0 Å². The molecule has 0 aliphatic carbocycles. The first-order valence-corrected chi connectivity index (χ1v) is 8.63. The lowest BCUT2D eigenvalue weighted by atomic mass is 10.1. The van der Waals surface area contributed by atoms with Crippen molar-refractivity contribution in [2.24, 2.45) is 5.73 Å². The quantitative estimate of drug-likeness (QED) is 0.342. The van der Waals surface area contributed by atoms with Gasteiger partial charge < -0.3 is 15.8 Å². The van der Waals surface area contributed by atoms with E-state index in [-0.39, 0.29) is 28.2 Å². The average Bonchev–Trinajstić information content (AvgIpc) is 3.03. The van der Waals surface area contributed by atoms with Crippen molar-refractivity contribution in [1.82, 2.24) is 19.5 Å². The van der Waals surface area contributed by atoms with Gasteiger partial charge in [-0.1, -0.05) is 17.7 Å². The second-order valence-corrected chi connectivity index (χ2v) is 6.52. The molecule has 1 amide bonds. The van der Waals surface area contributed by atoms with Crippen LogP contribution in [0.3, 0.4) is 0 Å². The Bertz CT molecular complexity index is 1390. The first-order chi connectivity index (χ1) is 14.3. The van der Waals surface area contributed by atoms with Crippen molar-refractivity contribution in [3.63, 3.8) is 0 Å². The second kappa shape index (κ2) is 6.81. The van der Waals surface area contributed by atoms with E-state index in [1.807, 2.05) is 19.1 Å². The highest BCUT2D eigenvalue weighted by Gasteiger charge is 2.21. The summed E-state index contributed by atoms with van der Waals surface area (Å²) in [5, 5.41) is 20.9. The maximum atomic E-state index is 12.6. The molecule has 150 valence electrons. The molecule has 0 spiro atoms. The van der Waals surface area contributed by atoms with Crippen LogP contribution in [0, 0.1) is 17.0 Å². The number of primary amides is 1. The van der Waals surface area contributed by atoms with Crippen molar-refractivity contribution >= 4 is 22.8 Å². The standard InChI is InChI=1S/C19H14N6O5/c1-9-2-5-11(6-3-9)24-18-15(22-19(24)28)14(16(20)27)21-17(23-18)10-4-7-12(25(29)30)13(26)8-10/h2-8,26H,1H3,(H2,20,27)(H,22,28). The largest absolute Gasteiger partial charge is 0.502 e. The number of nitro groups is 1. The zero-order valence-electron chi connectivity index (χ0n) is 15.5. The van der Waals surface area contributed by atoms with Crippen molar-refractivity contribution in [3.8, 4) is 22.8 Å². The summed E-state index contributed by atoms with van der Waals surface area (Å²) in [7, 11) is 0. The van der Waals surface area contributed by atoms with Crippen LogP contribution in [0.2, 0.25) is 0 Å². The molecule has 0 saturated carbocycles. The maximum Gasteiger partial charge on any atom is 0.332 e. The Kier molecular flexibility index (Phi) is 4.27. The van der Waals surface area contributed by atoms with Crippen molar-refractivity contribution < 1.29 is 14.8 Å². The topological polar surface area (TPSA) is 170 Å². The van der Waals surface area contributed by atoms with Gasteiger partial charge in [-0.05, 0) is 31.2 Å². The number of benzene rings is 2. The number of amides is 1. The minimum atomic E-state index is -0.896. The molecule has 2 aromatic heterocycles. The number of nitrogens with one attached hydrogen (secondary N) is 1. The number of carbonyl (C=O) groups is 1. The van der Waals surface area contributed by atoms with E-state index >= 15 is 0 Å². The van der Waals surface area contributed by atoms with Gasteiger partial charge in [-0.2, -0.15) is 0 Å². The number of hydrogen-bond acceptors (Lipinski definition) is 7. The van der Waals surface area contributed by atoms with Crippen molar-refractivity contribution in [3.05, 3.63) is 74.3 Å². The van der Waals surface area contributed by atoms with Gasteiger partial charge in [-0.3, -0.25) is 14.9 Å². The van der Waals surface area contributed by atoms with Crippen molar-refractivity contribution in [2.75, 3.05) is 0 Å². The summed E-state index contributed by atoms with van der Waals surface area (Å²) >= 11 is 0. The van der Waals surface area contributed by atoms with Crippen LogP contribution < -0.4 is 11.4 Å². The number of carbonyl (C=O) groups excluding carboxylic acids is 1. The zero-order valence-corrected chi connectivity index (χ0v) is 15.5. The van der Waals surface area contributed by atoms with Crippen LogP contribution in [0.1, 0.15) is 16.1 Å². The van der Waals surface area contributed by atoms with Crippen LogP contribution in [-0.4, -0.2) is 35.5 Å². The monoisotopic (exact) mass is 406 g/mol. The van der Waals surface area contributed by atoms with Gasteiger partial charge in [-0.25, -0.2) is 19.3 Å². The van der Waals surface area contributed by atoms with Gasteiger partial charge in [-0.15, -0.1) is 0 Å². The third-order valence-corrected chi connectivity index (χ3v) is 4.49. The lowest BCUT2D eigenvalue weighted by Crippen LogP contribution is -2.15. The van der Waals surface area contributed by atoms with E-state index in [4.69, 9.17) is 5.73 Å². The number of rotatable bonds is 4. The summed E-state index contributed by atoms with van der Waals surface area (Å²) in [6, 6.07) is 10.6. The average molecular weight is 406 g/mol. The highest BCUT2D eigenvalue weighted by atomic mass is 16.6. The number of aromatic nitrogens is 4. The number of phenolic OH excluding ortho intramolecular Hbond substituents is 1. The van der Waals surface area contributed by atoms with E-state index in [2.05, 4.69) is 15.0 Å². The van der Waals surface area contributed by atoms with Crippen LogP contribution in [0.25, 0.3) is 28.2 Å². The molecule has 4 rings (SSSR count). The van der Waals surface area contributed by atoms with Gasteiger partial charge in [0.25, 0.3) is 5.91 Å². The molecule has 4 N–H and O–H groups in total. The van der Waals surface area contributed by atoms with Gasteiger partial charge in [0.15, 0.2) is 22.9 Å². The number of H-pyrrole nitrogens is 1. The first-order valence-electron chi connectivity index (χ1n) is 8.63. The summed E-state index contributed by atoms with van der Waals surface area (Å²) < 4.78 is 1.26.